The van der Waals surface area contributed by atoms with Crippen molar-refractivity contribution in [2.75, 3.05) is 6.61 Å². The summed E-state index contributed by atoms with van der Waals surface area (Å²) in [5, 5.41) is 11.7. The number of hydrogen-bond acceptors (Lipinski definition) is 6. The van der Waals surface area contributed by atoms with Crippen molar-refractivity contribution >= 4 is 40.2 Å². The summed E-state index contributed by atoms with van der Waals surface area (Å²) >= 11 is 5.93. The average molecular weight is 544 g/mol. The summed E-state index contributed by atoms with van der Waals surface area (Å²) in [6.45, 7) is 0.307. The highest BCUT2D eigenvalue weighted by atomic mass is 35.5. The largest absolute Gasteiger partial charge is 0.481 e. The lowest BCUT2D eigenvalue weighted by molar-refractivity contribution is -0.140. The van der Waals surface area contributed by atoms with E-state index in [1.807, 2.05) is 0 Å². The summed E-state index contributed by atoms with van der Waals surface area (Å²) in [7, 11) is 0. The minimum atomic E-state index is -1.90. The molecule has 0 aliphatic carbocycles. The molecular weight excluding hydrogens is 526 g/mol. The maximum Gasteiger partial charge on any atom is 0.305 e. The number of rotatable bonds is 10. The first kappa shape index (κ1) is 27.6. The van der Waals surface area contributed by atoms with Gasteiger partial charge >= 0.3 is 5.97 Å². The molecule has 0 radical (unpaired) electrons. The molecule has 2 atom stereocenters. The van der Waals surface area contributed by atoms with Gasteiger partial charge in [0.2, 0.25) is 17.5 Å². The van der Waals surface area contributed by atoms with E-state index in [1.54, 1.807) is 6.92 Å². The van der Waals surface area contributed by atoms with Crippen LogP contribution >= 0.6 is 11.6 Å². The Morgan fingerprint density at radius 1 is 1.14 bits per heavy atom. The van der Waals surface area contributed by atoms with Gasteiger partial charge in [0.1, 0.15) is 18.7 Å². The van der Waals surface area contributed by atoms with E-state index in [4.69, 9.17) is 16.7 Å². The Labute approximate surface area is 210 Å². The van der Waals surface area contributed by atoms with Gasteiger partial charge < -0.3 is 15.2 Å². The highest BCUT2D eigenvalue weighted by Gasteiger charge is 2.30. The zero-order chi connectivity index (χ0) is 27.4. The molecule has 0 fully saturated rings. The first-order valence-electron chi connectivity index (χ1n) is 10.6. The number of carbonyl (C=O) groups is 3. The predicted molar refractivity (Wildman–Crippen MR) is 121 cm³/mol. The number of carbonyl (C=O) groups excluding carboxylic acids is 2. The molecule has 0 bridgehead atoms. The second-order valence-corrected chi connectivity index (χ2v) is 8.19. The van der Waals surface area contributed by atoms with Crippen molar-refractivity contribution in [1.29, 1.82) is 0 Å². The second kappa shape index (κ2) is 11.4. The molecule has 1 aromatic heterocycles. The van der Waals surface area contributed by atoms with Crippen molar-refractivity contribution in [2.24, 2.45) is 0 Å². The van der Waals surface area contributed by atoms with E-state index in [2.05, 4.69) is 15.0 Å². The fraction of sp³-hybridized carbons (Fsp3) is 0.261. The van der Waals surface area contributed by atoms with E-state index in [-0.39, 0.29) is 22.9 Å². The molecule has 37 heavy (non-hydrogen) atoms. The number of carboxylic acid groups (broad SMARTS) is 1. The number of benzene rings is 2. The Morgan fingerprint density at radius 2 is 1.78 bits per heavy atom. The molecule has 0 aliphatic rings. The molecule has 9 nitrogen and oxygen atoms in total. The van der Waals surface area contributed by atoms with Gasteiger partial charge in [-0.25, -0.2) is 13.8 Å². The number of carboxylic acids is 1. The van der Waals surface area contributed by atoms with Crippen LogP contribution in [0.2, 0.25) is 5.02 Å². The molecular formula is C23H18ClF4N3O6. The van der Waals surface area contributed by atoms with Crippen LogP contribution in [-0.4, -0.2) is 45.0 Å². The molecule has 2 aromatic carbocycles. The third-order valence-electron chi connectivity index (χ3n) is 5.28. The molecule has 0 aliphatic heterocycles. The van der Waals surface area contributed by atoms with Gasteiger partial charge in [-0.05, 0) is 24.6 Å². The quantitative estimate of drug-likeness (QED) is 0.297. The van der Waals surface area contributed by atoms with E-state index in [9.17, 15) is 36.7 Å². The summed E-state index contributed by atoms with van der Waals surface area (Å²) < 4.78 is 59.9. The molecule has 0 saturated carbocycles. The van der Waals surface area contributed by atoms with Crippen LogP contribution in [0, 0.1) is 23.3 Å². The lowest BCUT2D eigenvalue weighted by atomic mass is 10.1. The van der Waals surface area contributed by atoms with Crippen molar-refractivity contribution in [1.82, 2.24) is 14.9 Å². The number of ether oxygens (including phenoxy) is 1. The van der Waals surface area contributed by atoms with E-state index in [0.717, 1.165) is 10.9 Å². The summed E-state index contributed by atoms with van der Waals surface area (Å²) in [5.74, 6) is -12.5. The van der Waals surface area contributed by atoms with Gasteiger partial charge in [-0.2, -0.15) is 8.78 Å². The summed E-state index contributed by atoms with van der Waals surface area (Å²) in [6, 6.07) is 1.31. The maximum atomic E-state index is 13.8. The SMILES string of the molecule is CCC(C(=O)NC(CC(=O)O)C(=O)COc1c(F)c(F)cc(F)c1F)n1cnc2ccc(Cl)cc2c1=O. The van der Waals surface area contributed by atoms with Crippen LogP contribution in [0.4, 0.5) is 17.6 Å². The molecule has 1 amide bonds. The Balaban J connectivity index is 1.84. The van der Waals surface area contributed by atoms with Crippen molar-refractivity contribution in [2.45, 2.75) is 31.8 Å². The second-order valence-electron chi connectivity index (χ2n) is 7.75. The first-order valence-corrected chi connectivity index (χ1v) is 11.0. The number of aromatic nitrogens is 2. The first-order chi connectivity index (χ1) is 17.4. The van der Waals surface area contributed by atoms with Gasteiger partial charge in [0.15, 0.2) is 23.2 Å². The van der Waals surface area contributed by atoms with Crippen LogP contribution in [0.5, 0.6) is 5.75 Å². The molecule has 0 spiro atoms. The fourth-order valence-corrected chi connectivity index (χ4v) is 3.62. The summed E-state index contributed by atoms with van der Waals surface area (Å²) in [5.41, 5.74) is -0.316. The zero-order valence-electron chi connectivity index (χ0n) is 18.9. The maximum absolute atomic E-state index is 13.8. The van der Waals surface area contributed by atoms with Gasteiger partial charge in [0.05, 0.1) is 23.7 Å². The highest BCUT2D eigenvalue weighted by molar-refractivity contribution is 6.31. The predicted octanol–water partition coefficient (Wildman–Crippen LogP) is 3.17. The van der Waals surface area contributed by atoms with Gasteiger partial charge in [0.25, 0.3) is 5.56 Å². The average Bonchev–Trinajstić information content (AvgIpc) is 2.84. The third-order valence-corrected chi connectivity index (χ3v) is 5.52. The third kappa shape index (κ3) is 6.05. The number of nitrogens with one attached hydrogen (secondary N) is 1. The van der Waals surface area contributed by atoms with Crippen LogP contribution in [0.15, 0.2) is 35.4 Å². The molecule has 14 heteroatoms. The number of Topliss-reactive ketones (excluding diaryl/α,β-unsaturated/α-hetero) is 1. The number of nitrogens with zero attached hydrogens (tertiary/aromatic N) is 2. The van der Waals surface area contributed by atoms with Crippen molar-refractivity contribution < 1.29 is 41.8 Å². The Kier molecular flexibility index (Phi) is 8.48. The molecule has 0 saturated heterocycles. The molecule has 3 rings (SSSR count). The van der Waals surface area contributed by atoms with Crippen molar-refractivity contribution in [3.05, 3.63) is 69.2 Å². The fourth-order valence-electron chi connectivity index (χ4n) is 3.45. The Bertz CT molecular complexity index is 1420. The van der Waals surface area contributed by atoms with Gasteiger partial charge in [-0.15, -0.1) is 0 Å². The summed E-state index contributed by atoms with van der Waals surface area (Å²) in [4.78, 5) is 53.8. The number of aliphatic carboxylic acids is 1. The molecule has 196 valence electrons. The lowest BCUT2D eigenvalue weighted by Gasteiger charge is -2.22. The van der Waals surface area contributed by atoms with Crippen LogP contribution in [0.3, 0.4) is 0 Å². The molecule has 1 heterocycles. The van der Waals surface area contributed by atoms with Crippen LogP contribution in [0.1, 0.15) is 25.8 Å². The number of halogens is 5. The zero-order valence-corrected chi connectivity index (χ0v) is 19.7. The Hall–Kier alpha value is -4.00. The van der Waals surface area contributed by atoms with E-state index < -0.39 is 77.3 Å². The number of ketones is 1. The topological polar surface area (TPSA) is 128 Å². The Morgan fingerprint density at radius 3 is 2.38 bits per heavy atom. The number of fused-ring (bicyclic) bond motifs is 1. The van der Waals surface area contributed by atoms with E-state index in [1.165, 1.54) is 18.2 Å². The molecule has 2 N–H and O–H groups in total. The minimum Gasteiger partial charge on any atom is -0.481 e. The van der Waals surface area contributed by atoms with E-state index >= 15 is 0 Å². The van der Waals surface area contributed by atoms with Gasteiger partial charge in [-0.1, -0.05) is 18.5 Å². The number of amides is 1. The van der Waals surface area contributed by atoms with Crippen LogP contribution in [-0.2, 0) is 14.4 Å². The smallest absolute Gasteiger partial charge is 0.305 e. The normalized spacial score (nSPS) is 12.7. The highest BCUT2D eigenvalue weighted by Crippen LogP contribution is 2.26. The van der Waals surface area contributed by atoms with Gasteiger partial charge in [0, 0.05) is 11.1 Å². The van der Waals surface area contributed by atoms with Crippen LogP contribution in [0.25, 0.3) is 10.9 Å². The van der Waals surface area contributed by atoms with Gasteiger partial charge in [-0.3, -0.25) is 23.7 Å². The monoisotopic (exact) mass is 543 g/mol. The molecule has 3 aromatic rings. The lowest BCUT2D eigenvalue weighted by Crippen LogP contribution is -2.48. The van der Waals surface area contributed by atoms with Crippen LogP contribution < -0.4 is 15.6 Å². The van der Waals surface area contributed by atoms with Crippen molar-refractivity contribution in [3.63, 3.8) is 0 Å². The standard InChI is InChI=1S/C23H18ClF4N3O6/c1-2-16(31-9-29-14-4-3-10(24)5-11(14)23(31)36)22(35)30-15(7-18(33)34)17(32)8-37-21-19(27)12(25)6-13(26)20(21)28/h3-6,9,15-16H,2,7-8H2,1H3,(H,30,35)(H,33,34). The summed E-state index contributed by atoms with van der Waals surface area (Å²) in [6.07, 6.45) is 0.157. The minimum absolute atomic E-state index is 0.0168. The number of hydrogen-bond donors (Lipinski definition) is 2. The molecule has 2 unspecified atom stereocenters. The van der Waals surface area contributed by atoms with E-state index in [0.29, 0.717) is 5.52 Å². The van der Waals surface area contributed by atoms with Crippen molar-refractivity contribution in [3.8, 4) is 5.75 Å².